The van der Waals surface area contributed by atoms with Crippen molar-refractivity contribution in [2.45, 2.75) is 24.7 Å². The highest BCUT2D eigenvalue weighted by molar-refractivity contribution is 7.91. The van der Waals surface area contributed by atoms with E-state index in [4.69, 9.17) is 0 Å². The number of aliphatic imine (C=N–C) groups is 1. The predicted octanol–water partition coefficient (Wildman–Crippen LogP) is 3.02. The summed E-state index contributed by atoms with van der Waals surface area (Å²) >= 11 is 1.65. The fraction of sp³-hybridized carbons (Fsp3) is 0.389. The standard InChI is InChI=1S/C18H24FN3O2S2/c1-3-20-18(22-12-14(2)15-8-10-25-13-15)21-9-11-26(23,24)17-7-5-4-6-16(17)19/h4-8,10,13-14H,3,9,11-12H2,1-2H3,(H2,20,21,22). The number of sulfone groups is 1. The smallest absolute Gasteiger partial charge is 0.191 e. The van der Waals surface area contributed by atoms with Gasteiger partial charge in [-0.2, -0.15) is 11.3 Å². The average Bonchev–Trinajstić information content (AvgIpc) is 3.14. The maximum absolute atomic E-state index is 13.7. The lowest BCUT2D eigenvalue weighted by Gasteiger charge is -2.13. The number of benzene rings is 1. The van der Waals surface area contributed by atoms with Gasteiger partial charge in [0.05, 0.1) is 5.75 Å². The molecule has 1 aromatic carbocycles. The quantitative estimate of drug-likeness (QED) is 0.531. The van der Waals surface area contributed by atoms with E-state index in [1.807, 2.05) is 12.3 Å². The van der Waals surface area contributed by atoms with Crippen LogP contribution >= 0.6 is 11.3 Å². The molecule has 1 unspecified atom stereocenters. The third-order valence-electron chi connectivity index (χ3n) is 3.81. The normalized spacial score (nSPS) is 13.4. The summed E-state index contributed by atoms with van der Waals surface area (Å²) in [6, 6.07) is 7.49. The highest BCUT2D eigenvalue weighted by atomic mass is 32.2. The van der Waals surface area contributed by atoms with Crippen molar-refractivity contribution in [1.82, 2.24) is 10.6 Å². The molecule has 0 amide bonds. The predicted molar refractivity (Wildman–Crippen MR) is 105 cm³/mol. The zero-order valence-electron chi connectivity index (χ0n) is 14.9. The van der Waals surface area contributed by atoms with Crippen LogP contribution in [0.1, 0.15) is 25.3 Å². The van der Waals surface area contributed by atoms with Crippen molar-refractivity contribution in [1.29, 1.82) is 0 Å². The SMILES string of the molecule is CCNC(=NCC(C)c1ccsc1)NCCS(=O)(=O)c1ccccc1F. The van der Waals surface area contributed by atoms with Gasteiger partial charge >= 0.3 is 0 Å². The van der Waals surface area contributed by atoms with Crippen LogP contribution in [-0.2, 0) is 9.84 Å². The molecule has 2 N–H and O–H groups in total. The Balaban J connectivity index is 1.93. The summed E-state index contributed by atoms with van der Waals surface area (Å²) in [4.78, 5) is 4.24. The van der Waals surface area contributed by atoms with E-state index in [1.54, 1.807) is 11.3 Å². The van der Waals surface area contributed by atoms with Crippen molar-refractivity contribution >= 4 is 27.1 Å². The van der Waals surface area contributed by atoms with E-state index < -0.39 is 15.7 Å². The molecule has 0 saturated carbocycles. The molecule has 0 radical (unpaired) electrons. The molecule has 26 heavy (non-hydrogen) atoms. The van der Waals surface area contributed by atoms with Crippen molar-refractivity contribution in [3.8, 4) is 0 Å². The molecule has 8 heteroatoms. The second-order valence-corrected chi connectivity index (χ2v) is 8.71. The second kappa shape index (κ2) is 9.68. The van der Waals surface area contributed by atoms with E-state index in [0.717, 1.165) is 6.07 Å². The molecule has 0 spiro atoms. The number of nitrogens with one attached hydrogen (secondary N) is 2. The molecule has 142 valence electrons. The Morgan fingerprint density at radius 3 is 2.69 bits per heavy atom. The van der Waals surface area contributed by atoms with Crippen LogP contribution in [0.4, 0.5) is 4.39 Å². The minimum atomic E-state index is -3.69. The summed E-state index contributed by atoms with van der Waals surface area (Å²) in [6.45, 7) is 5.44. The van der Waals surface area contributed by atoms with E-state index in [0.29, 0.717) is 19.0 Å². The lowest BCUT2D eigenvalue weighted by Crippen LogP contribution is -2.39. The van der Waals surface area contributed by atoms with Crippen LogP contribution in [0.3, 0.4) is 0 Å². The zero-order chi connectivity index (χ0) is 19.0. The molecular formula is C18H24FN3O2S2. The summed E-state index contributed by atoms with van der Waals surface area (Å²) in [7, 11) is -3.69. The van der Waals surface area contributed by atoms with E-state index in [1.165, 1.54) is 23.8 Å². The largest absolute Gasteiger partial charge is 0.357 e. The van der Waals surface area contributed by atoms with Gasteiger partial charge in [-0.3, -0.25) is 4.99 Å². The maximum atomic E-state index is 13.7. The minimum Gasteiger partial charge on any atom is -0.357 e. The number of hydrogen-bond acceptors (Lipinski definition) is 4. The lowest BCUT2D eigenvalue weighted by atomic mass is 10.1. The van der Waals surface area contributed by atoms with Crippen LogP contribution in [-0.4, -0.2) is 39.8 Å². The van der Waals surface area contributed by atoms with Gasteiger partial charge in [0, 0.05) is 25.6 Å². The van der Waals surface area contributed by atoms with E-state index in [-0.39, 0.29) is 23.1 Å². The summed E-state index contributed by atoms with van der Waals surface area (Å²) in [5.41, 5.74) is 1.23. The van der Waals surface area contributed by atoms with E-state index >= 15 is 0 Å². The van der Waals surface area contributed by atoms with Crippen LogP contribution in [0, 0.1) is 5.82 Å². The average molecular weight is 398 g/mol. The van der Waals surface area contributed by atoms with Gasteiger partial charge < -0.3 is 10.6 Å². The Morgan fingerprint density at radius 1 is 1.27 bits per heavy atom. The number of halogens is 1. The number of guanidine groups is 1. The Morgan fingerprint density at radius 2 is 2.04 bits per heavy atom. The van der Waals surface area contributed by atoms with E-state index in [9.17, 15) is 12.8 Å². The van der Waals surface area contributed by atoms with Gasteiger partial charge in [-0.1, -0.05) is 19.1 Å². The molecule has 2 aromatic rings. The Hall–Kier alpha value is -1.93. The molecule has 0 saturated heterocycles. The fourth-order valence-corrected chi connectivity index (χ4v) is 4.37. The van der Waals surface area contributed by atoms with Crippen molar-refractivity contribution < 1.29 is 12.8 Å². The molecule has 1 aromatic heterocycles. The summed E-state index contributed by atoms with van der Waals surface area (Å²) in [5.74, 6) is -0.104. The van der Waals surface area contributed by atoms with Crippen molar-refractivity contribution in [2.24, 2.45) is 4.99 Å². The molecule has 2 rings (SSSR count). The van der Waals surface area contributed by atoms with Gasteiger partial charge in [-0.05, 0) is 41.4 Å². The second-order valence-electron chi connectivity index (χ2n) is 5.85. The fourth-order valence-electron chi connectivity index (χ4n) is 2.34. The van der Waals surface area contributed by atoms with Gasteiger partial charge in [0.15, 0.2) is 15.8 Å². The number of thiophene rings is 1. The highest BCUT2D eigenvalue weighted by Gasteiger charge is 2.18. The molecule has 0 aliphatic rings. The topological polar surface area (TPSA) is 70.6 Å². The molecule has 5 nitrogen and oxygen atoms in total. The van der Waals surface area contributed by atoms with Crippen LogP contribution in [0.5, 0.6) is 0 Å². The first kappa shape index (κ1) is 20.4. The lowest BCUT2D eigenvalue weighted by molar-refractivity contribution is 0.566. The monoisotopic (exact) mass is 397 g/mol. The first-order valence-corrected chi connectivity index (χ1v) is 11.0. The van der Waals surface area contributed by atoms with Gasteiger partial charge in [0.1, 0.15) is 10.7 Å². The number of hydrogen-bond donors (Lipinski definition) is 2. The summed E-state index contributed by atoms with van der Waals surface area (Å²) in [5, 5.41) is 10.2. The van der Waals surface area contributed by atoms with Gasteiger partial charge in [-0.25, -0.2) is 12.8 Å². The molecule has 0 fully saturated rings. The molecule has 0 bridgehead atoms. The van der Waals surface area contributed by atoms with Crippen LogP contribution in [0.2, 0.25) is 0 Å². The highest BCUT2D eigenvalue weighted by Crippen LogP contribution is 2.18. The minimum absolute atomic E-state index is 0.148. The van der Waals surface area contributed by atoms with Crippen molar-refractivity contribution in [3.63, 3.8) is 0 Å². The Kier molecular flexibility index (Phi) is 7.59. The first-order chi connectivity index (χ1) is 12.4. The molecular weight excluding hydrogens is 373 g/mol. The van der Waals surface area contributed by atoms with E-state index in [2.05, 4.69) is 34.0 Å². The third kappa shape index (κ3) is 5.81. The summed E-state index contributed by atoms with van der Waals surface area (Å²) < 4.78 is 38.3. The van der Waals surface area contributed by atoms with Gasteiger partial charge in [0.2, 0.25) is 0 Å². The Bertz CT molecular complexity index is 821. The van der Waals surface area contributed by atoms with Crippen LogP contribution in [0.15, 0.2) is 51.0 Å². The molecule has 1 heterocycles. The van der Waals surface area contributed by atoms with Crippen LogP contribution in [0.25, 0.3) is 0 Å². The number of nitrogens with zero attached hydrogens (tertiary/aromatic N) is 1. The maximum Gasteiger partial charge on any atom is 0.191 e. The summed E-state index contributed by atoms with van der Waals surface area (Å²) in [6.07, 6.45) is 0. The zero-order valence-corrected chi connectivity index (χ0v) is 16.5. The third-order valence-corrected chi connectivity index (χ3v) is 6.26. The van der Waals surface area contributed by atoms with Crippen LogP contribution < -0.4 is 10.6 Å². The molecule has 0 aliphatic carbocycles. The van der Waals surface area contributed by atoms with Crippen molar-refractivity contribution in [3.05, 3.63) is 52.5 Å². The van der Waals surface area contributed by atoms with Gasteiger partial charge in [0.25, 0.3) is 0 Å². The Labute approximate surface area is 158 Å². The van der Waals surface area contributed by atoms with Gasteiger partial charge in [-0.15, -0.1) is 0 Å². The first-order valence-electron chi connectivity index (χ1n) is 8.45. The molecule has 1 atom stereocenters. The van der Waals surface area contributed by atoms with Crippen molar-refractivity contribution in [2.75, 3.05) is 25.4 Å². The molecule has 0 aliphatic heterocycles. The number of rotatable bonds is 8.